The van der Waals surface area contributed by atoms with Crippen LogP contribution in [0.1, 0.15) is 159 Å². The maximum Gasteiger partial charge on any atom is 0.125 e. The molecule has 0 aromatic carbocycles. The zero-order chi connectivity index (χ0) is 22.6. The van der Waals surface area contributed by atoms with E-state index in [2.05, 4.69) is 27.7 Å². The van der Waals surface area contributed by atoms with Crippen LogP contribution in [-0.4, -0.2) is 9.97 Å². The molecule has 1 rings (SSSR count). The fourth-order valence-electron chi connectivity index (χ4n) is 4.65. The van der Waals surface area contributed by atoms with E-state index in [9.17, 15) is 0 Å². The van der Waals surface area contributed by atoms with Crippen molar-refractivity contribution in [2.45, 2.75) is 163 Å². The largest absolute Gasteiger partial charge is 0.238 e. The Hall–Kier alpha value is -0.920. The van der Waals surface area contributed by atoms with E-state index in [-0.39, 0.29) is 0 Å². The van der Waals surface area contributed by atoms with Gasteiger partial charge in [0, 0.05) is 11.4 Å². The summed E-state index contributed by atoms with van der Waals surface area (Å²) in [6.45, 7) is 8.99. The van der Waals surface area contributed by atoms with E-state index in [0.29, 0.717) is 0 Å². The molecular weight excluding hydrogens is 376 g/mol. The van der Waals surface area contributed by atoms with Gasteiger partial charge in [0.15, 0.2) is 0 Å². The minimum atomic E-state index is 0.994. The smallest absolute Gasteiger partial charge is 0.125 e. The highest BCUT2D eigenvalue weighted by Crippen LogP contribution is 2.21. The lowest BCUT2D eigenvalue weighted by atomic mass is 9.96. The second kappa shape index (κ2) is 19.7. The predicted molar refractivity (Wildman–Crippen MR) is 138 cm³/mol. The molecule has 0 N–H and O–H groups in total. The average Bonchev–Trinajstić information content (AvgIpc) is 2.76. The zero-order valence-electron chi connectivity index (χ0n) is 21.7. The van der Waals surface area contributed by atoms with E-state index in [1.807, 2.05) is 0 Å². The minimum absolute atomic E-state index is 0.994. The molecule has 0 fully saturated rings. The molecule has 31 heavy (non-hydrogen) atoms. The lowest BCUT2D eigenvalue weighted by Gasteiger charge is -2.15. The Balaban J connectivity index is 2.66. The van der Waals surface area contributed by atoms with Gasteiger partial charge in [-0.25, -0.2) is 9.97 Å². The molecule has 0 unspecified atom stereocenters. The Labute approximate surface area is 195 Å². The van der Waals surface area contributed by atoms with Crippen LogP contribution in [0.3, 0.4) is 0 Å². The molecule has 1 aromatic rings. The Morgan fingerprint density at radius 3 is 1.13 bits per heavy atom. The number of hydrogen-bond acceptors (Lipinski definition) is 2. The number of rotatable bonds is 21. The van der Waals surface area contributed by atoms with E-state index in [0.717, 1.165) is 18.7 Å². The Bertz CT molecular complexity index is 501. The van der Waals surface area contributed by atoms with E-state index >= 15 is 0 Å². The normalized spacial score (nSPS) is 11.4. The molecule has 0 aliphatic rings. The number of hydrogen-bond donors (Lipinski definition) is 0. The van der Waals surface area contributed by atoms with Gasteiger partial charge in [-0.3, -0.25) is 0 Å². The zero-order valence-corrected chi connectivity index (χ0v) is 21.7. The lowest BCUT2D eigenvalue weighted by molar-refractivity contribution is 0.584. The van der Waals surface area contributed by atoms with Crippen LogP contribution in [0.4, 0.5) is 0 Å². The van der Waals surface area contributed by atoms with Crippen molar-refractivity contribution >= 4 is 0 Å². The van der Waals surface area contributed by atoms with Gasteiger partial charge in [0.1, 0.15) is 5.82 Å². The summed E-state index contributed by atoms with van der Waals surface area (Å²) < 4.78 is 0. The maximum atomic E-state index is 4.95. The van der Waals surface area contributed by atoms with Crippen LogP contribution < -0.4 is 0 Å². The van der Waals surface area contributed by atoms with Gasteiger partial charge in [-0.2, -0.15) is 0 Å². The van der Waals surface area contributed by atoms with Gasteiger partial charge in [-0.15, -0.1) is 0 Å². The molecule has 2 nitrogen and oxygen atoms in total. The molecule has 1 aromatic heterocycles. The third kappa shape index (κ3) is 14.0. The van der Waals surface area contributed by atoms with Gasteiger partial charge in [0.25, 0.3) is 0 Å². The van der Waals surface area contributed by atoms with Crippen LogP contribution >= 0.6 is 0 Å². The van der Waals surface area contributed by atoms with E-state index < -0.39 is 0 Å². The third-order valence-corrected chi connectivity index (χ3v) is 6.60. The summed E-state index contributed by atoms with van der Waals surface area (Å²) in [7, 11) is 0. The molecule has 0 amide bonds. The molecule has 0 aliphatic heterocycles. The summed E-state index contributed by atoms with van der Waals surface area (Å²) >= 11 is 0. The summed E-state index contributed by atoms with van der Waals surface area (Å²) in [6, 6.07) is 0. The fourth-order valence-corrected chi connectivity index (χ4v) is 4.65. The van der Waals surface area contributed by atoms with Crippen LogP contribution in [0.25, 0.3) is 0 Å². The monoisotopic (exact) mass is 430 g/mol. The molecular formula is C29H54N2. The first kappa shape index (κ1) is 28.1. The molecule has 2 heteroatoms. The highest BCUT2D eigenvalue weighted by molar-refractivity contribution is 5.27. The van der Waals surface area contributed by atoms with Gasteiger partial charge in [-0.05, 0) is 51.0 Å². The summed E-state index contributed by atoms with van der Waals surface area (Å²) in [5, 5.41) is 0. The van der Waals surface area contributed by atoms with Crippen molar-refractivity contribution in [2.24, 2.45) is 0 Å². The summed E-state index contributed by atoms with van der Waals surface area (Å²) in [5.41, 5.74) is 4.30. The van der Waals surface area contributed by atoms with E-state index in [1.54, 1.807) is 0 Å². The van der Waals surface area contributed by atoms with Crippen molar-refractivity contribution in [1.29, 1.82) is 0 Å². The van der Waals surface area contributed by atoms with Crippen molar-refractivity contribution in [3.8, 4) is 0 Å². The molecule has 0 saturated heterocycles. The summed E-state index contributed by atoms with van der Waals surface area (Å²) in [6.07, 6.45) is 28.0. The standard InChI is InChI=1S/C29H54N2/c1-5-8-11-14-17-20-23-27-28(24-21-18-15-12-9-6-2)30-26(4)31-29(27)25-22-19-16-13-10-7-3/h5-25H2,1-4H3. The van der Waals surface area contributed by atoms with Gasteiger partial charge >= 0.3 is 0 Å². The SMILES string of the molecule is CCCCCCCCc1nc(C)nc(CCCCCCCC)c1CCCCCCCC. The van der Waals surface area contributed by atoms with Crippen LogP contribution in [0.15, 0.2) is 0 Å². The molecule has 0 radical (unpaired) electrons. The predicted octanol–water partition coefficient (Wildman–Crippen LogP) is 9.49. The van der Waals surface area contributed by atoms with Crippen molar-refractivity contribution in [3.63, 3.8) is 0 Å². The molecule has 1 heterocycles. The van der Waals surface area contributed by atoms with Gasteiger partial charge < -0.3 is 0 Å². The minimum Gasteiger partial charge on any atom is -0.238 e. The first-order valence-electron chi connectivity index (χ1n) is 14.1. The number of aromatic nitrogens is 2. The van der Waals surface area contributed by atoms with Crippen molar-refractivity contribution in [1.82, 2.24) is 9.97 Å². The average molecular weight is 431 g/mol. The highest BCUT2D eigenvalue weighted by Gasteiger charge is 2.13. The van der Waals surface area contributed by atoms with Gasteiger partial charge in [0.2, 0.25) is 0 Å². The van der Waals surface area contributed by atoms with Crippen LogP contribution in [0.2, 0.25) is 0 Å². The first-order valence-corrected chi connectivity index (χ1v) is 14.1. The Morgan fingerprint density at radius 1 is 0.419 bits per heavy atom. The van der Waals surface area contributed by atoms with E-state index in [1.165, 1.54) is 139 Å². The molecule has 0 atom stereocenters. The summed E-state index contributed by atoms with van der Waals surface area (Å²) in [4.78, 5) is 9.91. The third-order valence-electron chi connectivity index (χ3n) is 6.60. The molecule has 180 valence electrons. The molecule has 0 spiro atoms. The Kier molecular flexibility index (Phi) is 17.9. The topological polar surface area (TPSA) is 25.8 Å². The highest BCUT2D eigenvalue weighted by atomic mass is 14.9. The van der Waals surface area contributed by atoms with Crippen molar-refractivity contribution in [3.05, 3.63) is 22.8 Å². The fraction of sp³-hybridized carbons (Fsp3) is 0.862. The summed E-state index contributed by atoms with van der Waals surface area (Å²) in [5.74, 6) is 0.994. The van der Waals surface area contributed by atoms with Crippen molar-refractivity contribution in [2.75, 3.05) is 0 Å². The molecule has 0 aliphatic carbocycles. The van der Waals surface area contributed by atoms with Gasteiger partial charge in [-0.1, -0.05) is 117 Å². The van der Waals surface area contributed by atoms with Gasteiger partial charge in [0.05, 0.1) is 0 Å². The number of nitrogens with zero attached hydrogens (tertiary/aromatic N) is 2. The Morgan fingerprint density at radius 2 is 0.742 bits per heavy atom. The second-order valence-corrected chi connectivity index (χ2v) is 9.70. The van der Waals surface area contributed by atoms with E-state index in [4.69, 9.17) is 9.97 Å². The first-order chi connectivity index (χ1) is 15.2. The number of unbranched alkanes of at least 4 members (excludes halogenated alkanes) is 15. The quantitative estimate of drug-likeness (QED) is 0.181. The lowest BCUT2D eigenvalue weighted by Crippen LogP contribution is -2.09. The van der Waals surface area contributed by atoms with Crippen LogP contribution in [0, 0.1) is 6.92 Å². The van der Waals surface area contributed by atoms with Crippen molar-refractivity contribution < 1.29 is 0 Å². The van der Waals surface area contributed by atoms with Crippen LogP contribution in [-0.2, 0) is 19.3 Å². The molecule has 0 bridgehead atoms. The number of aryl methyl sites for hydroxylation is 3. The second-order valence-electron chi connectivity index (χ2n) is 9.70. The van der Waals surface area contributed by atoms with Crippen LogP contribution in [0.5, 0.6) is 0 Å². The maximum absolute atomic E-state index is 4.95. The molecule has 0 saturated carbocycles.